The molecule has 0 saturated carbocycles. The number of pyridine rings is 1. The van der Waals surface area contributed by atoms with Crippen LogP contribution in [0.15, 0.2) is 12.1 Å². The van der Waals surface area contributed by atoms with E-state index in [-0.39, 0.29) is 11.8 Å². The van der Waals surface area contributed by atoms with Gasteiger partial charge < -0.3 is 0 Å². The summed E-state index contributed by atoms with van der Waals surface area (Å²) in [5, 5.41) is 1.73. The zero-order valence-corrected chi connectivity index (χ0v) is 10.7. The van der Waals surface area contributed by atoms with Crippen molar-refractivity contribution in [2.45, 2.75) is 26.2 Å². The molecule has 0 bridgehead atoms. The predicted octanol–water partition coefficient (Wildman–Crippen LogP) is 2.64. The Morgan fingerprint density at radius 2 is 2.29 bits per heavy atom. The monoisotopic (exact) mass is 254 g/mol. The molecule has 0 atom stereocenters. The second-order valence-electron chi connectivity index (χ2n) is 4.35. The van der Waals surface area contributed by atoms with Crippen molar-refractivity contribution in [1.82, 2.24) is 10.0 Å². The van der Waals surface area contributed by atoms with Crippen molar-refractivity contribution >= 4 is 17.5 Å². The SMILES string of the molecule is CC(C)c1cc(C(=O)N2CCCO2)cc(Cl)n1. The highest BCUT2D eigenvalue weighted by atomic mass is 35.5. The third-order valence-corrected chi connectivity index (χ3v) is 2.83. The molecule has 0 radical (unpaired) electrons. The van der Waals surface area contributed by atoms with Gasteiger partial charge in [-0.1, -0.05) is 25.4 Å². The van der Waals surface area contributed by atoms with E-state index in [1.807, 2.05) is 13.8 Å². The Balaban J connectivity index is 2.28. The van der Waals surface area contributed by atoms with Crippen LogP contribution in [-0.4, -0.2) is 29.1 Å². The van der Waals surface area contributed by atoms with E-state index in [0.29, 0.717) is 23.9 Å². The fourth-order valence-corrected chi connectivity index (χ4v) is 1.90. The number of carbonyl (C=O) groups is 1. The van der Waals surface area contributed by atoms with E-state index in [2.05, 4.69) is 4.98 Å². The van der Waals surface area contributed by atoms with Crippen molar-refractivity contribution in [1.29, 1.82) is 0 Å². The van der Waals surface area contributed by atoms with Crippen molar-refractivity contribution in [2.24, 2.45) is 0 Å². The fourth-order valence-electron chi connectivity index (χ4n) is 1.69. The summed E-state index contributed by atoms with van der Waals surface area (Å²) in [6.07, 6.45) is 0.877. The Labute approximate surface area is 105 Å². The molecular formula is C12H15ClN2O2. The van der Waals surface area contributed by atoms with Gasteiger partial charge in [0.1, 0.15) is 5.15 Å². The first-order valence-corrected chi connectivity index (χ1v) is 6.08. The molecule has 0 spiro atoms. The van der Waals surface area contributed by atoms with Gasteiger partial charge in [0, 0.05) is 11.3 Å². The standard InChI is InChI=1S/C12H15ClN2O2/c1-8(2)10-6-9(7-11(13)14-10)12(16)15-4-3-5-17-15/h6-8H,3-5H2,1-2H3. The van der Waals surface area contributed by atoms with Crippen molar-refractivity contribution in [3.05, 3.63) is 28.5 Å². The van der Waals surface area contributed by atoms with Gasteiger partial charge in [-0.05, 0) is 24.5 Å². The van der Waals surface area contributed by atoms with E-state index >= 15 is 0 Å². The van der Waals surface area contributed by atoms with Gasteiger partial charge in [-0.3, -0.25) is 9.63 Å². The van der Waals surface area contributed by atoms with E-state index in [1.54, 1.807) is 12.1 Å². The predicted molar refractivity (Wildman–Crippen MR) is 64.9 cm³/mol. The topological polar surface area (TPSA) is 42.4 Å². The summed E-state index contributed by atoms with van der Waals surface area (Å²) in [4.78, 5) is 21.5. The normalized spacial score (nSPS) is 15.6. The molecule has 5 heteroatoms. The lowest BCUT2D eigenvalue weighted by Gasteiger charge is -2.15. The van der Waals surface area contributed by atoms with Crippen LogP contribution in [0.4, 0.5) is 0 Å². The summed E-state index contributed by atoms with van der Waals surface area (Å²) in [7, 11) is 0. The fraction of sp³-hybridized carbons (Fsp3) is 0.500. The van der Waals surface area contributed by atoms with Gasteiger partial charge in [0.25, 0.3) is 5.91 Å². The summed E-state index contributed by atoms with van der Waals surface area (Å²) in [5.41, 5.74) is 1.36. The van der Waals surface area contributed by atoms with Crippen molar-refractivity contribution < 1.29 is 9.63 Å². The molecule has 0 aromatic carbocycles. The molecule has 1 aliphatic rings. The number of carbonyl (C=O) groups excluding carboxylic acids is 1. The number of nitrogens with zero attached hydrogens (tertiary/aromatic N) is 2. The largest absolute Gasteiger partial charge is 0.277 e. The van der Waals surface area contributed by atoms with Gasteiger partial charge in [0.15, 0.2) is 0 Å². The smallest absolute Gasteiger partial charge is 0.271 e. The molecule has 0 N–H and O–H groups in total. The Morgan fingerprint density at radius 1 is 1.53 bits per heavy atom. The van der Waals surface area contributed by atoms with E-state index < -0.39 is 0 Å². The Morgan fingerprint density at radius 3 is 2.88 bits per heavy atom. The van der Waals surface area contributed by atoms with Crippen LogP contribution in [0, 0.1) is 0 Å². The van der Waals surface area contributed by atoms with E-state index in [9.17, 15) is 4.79 Å². The summed E-state index contributed by atoms with van der Waals surface area (Å²) < 4.78 is 0. The second-order valence-corrected chi connectivity index (χ2v) is 4.74. The molecule has 2 heterocycles. The zero-order chi connectivity index (χ0) is 12.4. The minimum absolute atomic E-state index is 0.145. The molecule has 4 nitrogen and oxygen atoms in total. The van der Waals surface area contributed by atoms with Crippen molar-refractivity contribution in [3.8, 4) is 0 Å². The average molecular weight is 255 g/mol. The van der Waals surface area contributed by atoms with E-state index in [1.165, 1.54) is 5.06 Å². The molecule has 1 aromatic rings. The minimum atomic E-state index is -0.145. The highest BCUT2D eigenvalue weighted by Crippen LogP contribution is 2.20. The number of hydrogen-bond donors (Lipinski definition) is 0. The van der Waals surface area contributed by atoms with Gasteiger partial charge >= 0.3 is 0 Å². The molecule has 17 heavy (non-hydrogen) atoms. The van der Waals surface area contributed by atoms with Crippen LogP contribution in [0.5, 0.6) is 0 Å². The Hall–Kier alpha value is -1.13. The molecule has 0 aliphatic carbocycles. The molecule has 1 saturated heterocycles. The molecule has 1 aliphatic heterocycles. The number of aromatic nitrogens is 1. The maximum absolute atomic E-state index is 12.1. The Bertz CT molecular complexity index is 429. The van der Waals surface area contributed by atoms with Gasteiger partial charge in [0.05, 0.1) is 13.2 Å². The highest BCUT2D eigenvalue weighted by molar-refractivity contribution is 6.29. The first kappa shape index (κ1) is 12.3. The van der Waals surface area contributed by atoms with Crippen LogP contribution in [0.25, 0.3) is 0 Å². The molecule has 1 amide bonds. The molecule has 1 fully saturated rings. The van der Waals surface area contributed by atoms with Crippen LogP contribution >= 0.6 is 11.6 Å². The quantitative estimate of drug-likeness (QED) is 0.762. The van der Waals surface area contributed by atoms with Gasteiger partial charge in [-0.2, -0.15) is 0 Å². The van der Waals surface area contributed by atoms with E-state index in [4.69, 9.17) is 16.4 Å². The molecule has 2 rings (SSSR count). The number of halogens is 1. The summed E-state index contributed by atoms with van der Waals surface area (Å²) >= 11 is 5.92. The van der Waals surface area contributed by atoms with Crippen molar-refractivity contribution in [3.63, 3.8) is 0 Å². The molecule has 92 valence electrons. The second kappa shape index (κ2) is 5.02. The van der Waals surface area contributed by atoms with Crippen LogP contribution in [-0.2, 0) is 4.84 Å². The Kier molecular flexibility index (Phi) is 3.64. The van der Waals surface area contributed by atoms with Crippen LogP contribution in [0.1, 0.15) is 42.2 Å². The first-order chi connectivity index (χ1) is 8.08. The first-order valence-electron chi connectivity index (χ1n) is 5.70. The summed E-state index contributed by atoms with van der Waals surface area (Å²) in [6.45, 7) is 5.26. The zero-order valence-electron chi connectivity index (χ0n) is 9.94. The number of rotatable bonds is 2. The van der Waals surface area contributed by atoms with E-state index in [0.717, 1.165) is 12.1 Å². The van der Waals surface area contributed by atoms with Gasteiger partial charge in [0.2, 0.25) is 0 Å². The highest BCUT2D eigenvalue weighted by Gasteiger charge is 2.22. The summed E-state index contributed by atoms with van der Waals surface area (Å²) in [5.74, 6) is 0.0912. The lowest BCUT2D eigenvalue weighted by atomic mass is 10.1. The molecule has 0 unspecified atom stereocenters. The van der Waals surface area contributed by atoms with Crippen LogP contribution < -0.4 is 0 Å². The summed E-state index contributed by atoms with van der Waals surface area (Å²) in [6, 6.07) is 3.36. The third kappa shape index (κ3) is 2.76. The molecular weight excluding hydrogens is 240 g/mol. The minimum Gasteiger partial charge on any atom is -0.271 e. The lowest BCUT2D eigenvalue weighted by Crippen LogP contribution is -2.26. The van der Waals surface area contributed by atoms with Gasteiger partial charge in [-0.15, -0.1) is 0 Å². The van der Waals surface area contributed by atoms with Gasteiger partial charge in [-0.25, -0.2) is 10.0 Å². The average Bonchev–Trinajstić information content (AvgIpc) is 2.80. The number of hydrogen-bond acceptors (Lipinski definition) is 3. The maximum Gasteiger partial charge on any atom is 0.277 e. The number of amides is 1. The molecule has 1 aromatic heterocycles. The number of hydroxylamine groups is 2. The third-order valence-electron chi connectivity index (χ3n) is 2.63. The maximum atomic E-state index is 12.1. The van der Waals surface area contributed by atoms with Crippen LogP contribution in [0.3, 0.4) is 0 Å². The van der Waals surface area contributed by atoms with Crippen LogP contribution in [0.2, 0.25) is 5.15 Å². The lowest BCUT2D eigenvalue weighted by molar-refractivity contribution is -0.0768. The van der Waals surface area contributed by atoms with Crippen molar-refractivity contribution in [2.75, 3.05) is 13.2 Å².